The van der Waals surface area contributed by atoms with Gasteiger partial charge >= 0.3 is 0 Å². The number of hydrogen-bond donors (Lipinski definition) is 2. The molecule has 0 aromatic rings. The second kappa shape index (κ2) is 15.8. The normalized spacial score (nSPS) is 12.3. The van der Waals surface area contributed by atoms with Crippen molar-refractivity contribution in [2.45, 2.75) is 97.4 Å². The van der Waals surface area contributed by atoms with Gasteiger partial charge in [0.2, 0.25) is 5.91 Å². The minimum atomic E-state index is -0.0601. The first kappa shape index (κ1) is 20.4. The Morgan fingerprint density at radius 3 is 1.81 bits per heavy atom. The van der Waals surface area contributed by atoms with Gasteiger partial charge in [-0.15, -0.1) is 0 Å². The van der Waals surface area contributed by atoms with Crippen LogP contribution < -0.4 is 10.6 Å². The third-order valence-electron chi connectivity index (χ3n) is 3.92. The zero-order valence-corrected chi connectivity index (χ0v) is 14.7. The van der Waals surface area contributed by atoms with E-state index in [4.69, 9.17) is 0 Å². The summed E-state index contributed by atoms with van der Waals surface area (Å²) in [6.07, 6.45) is 14.5. The number of carbonyl (C=O) groups is 1. The summed E-state index contributed by atoms with van der Waals surface area (Å²) >= 11 is 0. The lowest BCUT2D eigenvalue weighted by atomic mass is 10.1. The molecule has 1 atom stereocenters. The molecular weight excluding hydrogens is 260 g/mol. The number of unbranched alkanes of at least 4 members (excludes halogenated alkanes) is 9. The first-order valence-electron chi connectivity index (χ1n) is 9.23. The first-order valence-corrected chi connectivity index (χ1v) is 9.23. The van der Waals surface area contributed by atoms with Crippen LogP contribution in [0.3, 0.4) is 0 Å². The predicted molar refractivity (Wildman–Crippen MR) is 92.6 cm³/mol. The highest BCUT2D eigenvalue weighted by Gasteiger charge is 2.09. The fourth-order valence-corrected chi connectivity index (χ4v) is 2.42. The Kier molecular flexibility index (Phi) is 15.4. The van der Waals surface area contributed by atoms with E-state index in [-0.39, 0.29) is 11.9 Å². The van der Waals surface area contributed by atoms with Gasteiger partial charge in [0.15, 0.2) is 0 Å². The second-order valence-corrected chi connectivity index (χ2v) is 6.15. The summed E-state index contributed by atoms with van der Waals surface area (Å²) in [7, 11) is 0. The lowest BCUT2D eigenvalue weighted by Gasteiger charge is -2.13. The molecule has 0 fully saturated rings. The fraction of sp³-hybridized carbons (Fsp3) is 0.944. The van der Waals surface area contributed by atoms with E-state index in [2.05, 4.69) is 24.5 Å². The average molecular weight is 299 g/mol. The van der Waals surface area contributed by atoms with Crippen LogP contribution in [0.2, 0.25) is 0 Å². The summed E-state index contributed by atoms with van der Waals surface area (Å²) in [5, 5.41) is 6.22. The maximum absolute atomic E-state index is 11.6. The zero-order valence-electron chi connectivity index (χ0n) is 14.7. The van der Waals surface area contributed by atoms with Crippen LogP contribution in [0.15, 0.2) is 0 Å². The highest BCUT2D eigenvalue weighted by molar-refractivity contribution is 5.81. The van der Waals surface area contributed by atoms with E-state index in [0.717, 1.165) is 19.5 Å². The van der Waals surface area contributed by atoms with Gasteiger partial charge in [0, 0.05) is 6.54 Å². The molecule has 0 aromatic carbocycles. The largest absolute Gasteiger partial charge is 0.355 e. The monoisotopic (exact) mass is 298 g/mol. The van der Waals surface area contributed by atoms with Gasteiger partial charge in [-0.3, -0.25) is 4.79 Å². The Hall–Kier alpha value is -0.570. The average Bonchev–Trinajstić information content (AvgIpc) is 2.49. The number of hydrogen-bond acceptors (Lipinski definition) is 2. The lowest BCUT2D eigenvalue weighted by molar-refractivity contribution is -0.122. The maximum atomic E-state index is 11.6. The van der Waals surface area contributed by atoms with E-state index in [1.54, 1.807) is 0 Å². The van der Waals surface area contributed by atoms with E-state index >= 15 is 0 Å². The molecule has 1 amide bonds. The van der Waals surface area contributed by atoms with Crippen molar-refractivity contribution in [2.24, 2.45) is 0 Å². The van der Waals surface area contributed by atoms with Gasteiger partial charge in [0.1, 0.15) is 0 Å². The zero-order chi connectivity index (χ0) is 15.8. The topological polar surface area (TPSA) is 41.1 Å². The predicted octanol–water partition coefficient (Wildman–Crippen LogP) is 4.41. The van der Waals surface area contributed by atoms with Crippen LogP contribution in [-0.4, -0.2) is 25.0 Å². The van der Waals surface area contributed by atoms with Crippen molar-refractivity contribution in [1.29, 1.82) is 0 Å². The van der Waals surface area contributed by atoms with Crippen molar-refractivity contribution in [3.8, 4) is 0 Å². The fourth-order valence-electron chi connectivity index (χ4n) is 2.42. The molecule has 0 spiro atoms. The Morgan fingerprint density at radius 1 is 0.762 bits per heavy atom. The molecule has 0 rings (SSSR count). The summed E-state index contributed by atoms with van der Waals surface area (Å²) in [6, 6.07) is -0.0601. The Balaban J connectivity index is 3.22. The molecule has 2 N–H and O–H groups in total. The quantitative estimate of drug-likeness (QED) is 0.440. The summed E-state index contributed by atoms with van der Waals surface area (Å²) in [5.41, 5.74) is 0. The van der Waals surface area contributed by atoms with Crippen LogP contribution in [0.25, 0.3) is 0 Å². The third kappa shape index (κ3) is 14.1. The molecule has 0 aromatic heterocycles. The van der Waals surface area contributed by atoms with Gasteiger partial charge < -0.3 is 10.6 Å². The lowest BCUT2D eigenvalue weighted by Crippen LogP contribution is -2.42. The standard InChI is InChI=1S/C18H38N2O/c1-4-6-7-8-9-10-11-12-13-14-16-19-17(3)18(21)20-15-5-2/h17,19H,4-16H2,1-3H3,(H,20,21). The molecule has 126 valence electrons. The summed E-state index contributed by atoms with van der Waals surface area (Å²) in [5.74, 6) is 0.129. The molecule has 21 heavy (non-hydrogen) atoms. The van der Waals surface area contributed by atoms with E-state index in [1.807, 2.05) is 6.92 Å². The van der Waals surface area contributed by atoms with Crippen molar-refractivity contribution in [2.75, 3.05) is 13.1 Å². The number of rotatable bonds is 15. The molecule has 0 heterocycles. The Labute approximate surface area is 132 Å². The minimum absolute atomic E-state index is 0.0601. The van der Waals surface area contributed by atoms with Crippen molar-refractivity contribution < 1.29 is 4.79 Å². The van der Waals surface area contributed by atoms with E-state index in [9.17, 15) is 4.79 Å². The molecule has 0 radical (unpaired) electrons. The molecule has 0 aliphatic rings. The molecular formula is C18H38N2O. The molecule has 0 aliphatic carbocycles. The maximum Gasteiger partial charge on any atom is 0.236 e. The molecule has 0 saturated heterocycles. The smallest absolute Gasteiger partial charge is 0.236 e. The van der Waals surface area contributed by atoms with Crippen molar-refractivity contribution in [3.05, 3.63) is 0 Å². The van der Waals surface area contributed by atoms with Gasteiger partial charge in [-0.25, -0.2) is 0 Å². The van der Waals surface area contributed by atoms with Crippen LogP contribution in [0, 0.1) is 0 Å². The van der Waals surface area contributed by atoms with E-state index in [1.165, 1.54) is 64.2 Å². The van der Waals surface area contributed by atoms with Crippen LogP contribution in [-0.2, 0) is 4.79 Å². The third-order valence-corrected chi connectivity index (χ3v) is 3.92. The van der Waals surface area contributed by atoms with Gasteiger partial charge in [0.25, 0.3) is 0 Å². The van der Waals surface area contributed by atoms with Crippen molar-refractivity contribution in [1.82, 2.24) is 10.6 Å². The van der Waals surface area contributed by atoms with Crippen molar-refractivity contribution in [3.63, 3.8) is 0 Å². The summed E-state index contributed by atoms with van der Waals surface area (Å²) in [6.45, 7) is 8.02. The van der Waals surface area contributed by atoms with E-state index in [0.29, 0.717) is 0 Å². The molecule has 0 aliphatic heterocycles. The van der Waals surface area contributed by atoms with Crippen LogP contribution >= 0.6 is 0 Å². The number of amides is 1. The van der Waals surface area contributed by atoms with Gasteiger partial charge in [0.05, 0.1) is 6.04 Å². The molecule has 3 nitrogen and oxygen atoms in total. The Morgan fingerprint density at radius 2 is 1.29 bits per heavy atom. The SMILES string of the molecule is CCCCCCCCCCCCNC(C)C(=O)NCCC. The minimum Gasteiger partial charge on any atom is -0.355 e. The Bertz CT molecular complexity index is 231. The number of nitrogens with one attached hydrogen (secondary N) is 2. The summed E-state index contributed by atoms with van der Waals surface area (Å²) < 4.78 is 0. The van der Waals surface area contributed by atoms with Crippen LogP contribution in [0.1, 0.15) is 91.4 Å². The molecule has 3 heteroatoms. The van der Waals surface area contributed by atoms with Crippen LogP contribution in [0.5, 0.6) is 0 Å². The summed E-state index contributed by atoms with van der Waals surface area (Å²) in [4.78, 5) is 11.6. The number of carbonyl (C=O) groups excluding carboxylic acids is 1. The van der Waals surface area contributed by atoms with Gasteiger partial charge in [-0.1, -0.05) is 71.6 Å². The second-order valence-electron chi connectivity index (χ2n) is 6.15. The molecule has 1 unspecified atom stereocenters. The highest BCUT2D eigenvalue weighted by atomic mass is 16.2. The molecule has 0 bridgehead atoms. The first-order chi connectivity index (χ1) is 10.2. The van der Waals surface area contributed by atoms with Gasteiger partial charge in [-0.05, 0) is 26.3 Å². The van der Waals surface area contributed by atoms with E-state index < -0.39 is 0 Å². The highest BCUT2D eigenvalue weighted by Crippen LogP contribution is 2.10. The van der Waals surface area contributed by atoms with Gasteiger partial charge in [-0.2, -0.15) is 0 Å². The molecule has 0 saturated carbocycles. The van der Waals surface area contributed by atoms with Crippen LogP contribution in [0.4, 0.5) is 0 Å². The van der Waals surface area contributed by atoms with Crippen molar-refractivity contribution >= 4 is 5.91 Å².